The molecule has 4 rings (SSSR count). The fraction of sp³-hybridized carbons (Fsp3) is 0.464. The molecule has 0 bridgehead atoms. The molecule has 0 unspecified atom stereocenters. The number of halogens is 3. The Labute approximate surface area is 247 Å². The van der Waals surface area contributed by atoms with Gasteiger partial charge < -0.3 is 14.0 Å². The molecule has 0 spiro atoms. The van der Waals surface area contributed by atoms with Gasteiger partial charge in [0.25, 0.3) is 6.43 Å². The summed E-state index contributed by atoms with van der Waals surface area (Å²) in [6, 6.07) is 5.77. The Morgan fingerprint density at radius 3 is 2.49 bits per heavy atom. The van der Waals surface area contributed by atoms with Crippen molar-refractivity contribution in [2.45, 2.75) is 63.9 Å². The number of hydrogen-bond donors (Lipinski definition) is 1. The molecule has 232 valence electrons. The van der Waals surface area contributed by atoms with Crippen LogP contribution in [-0.2, 0) is 20.0 Å². The minimum Gasteiger partial charge on any atom is -0.470 e. The van der Waals surface area contributed by atoms with Gasteiger partial charge in [-0.05, 0) is 59.7 Å². The SMILES string of the molecule is CN=[S@]1(=O)C[C@@](C)(c2cc(-c3cc(-c4cnc(OCC(F)F)cn4)no3)ccc2F)N=C(NC(=O)OC(C)(C)C)C1(C)C. The van der Waals surface area contributed by atoms with E-state index in [1.165, 1.54) is 37.6 Å². The molecule has 11 nitrogen and oxygen atoms in total. The summed E-state index contributed by atoms with van der Waals surface area (Å²) in [4.78, 5) is 25.5. The van der Waals surface area contributed by atoms with E-state index in [-0.39, 0.29) is 40.2 Å². The molecule has 0 saturated carbocycles. The predicted octanol–water partition coefficient (Wildman–Crippen LogP) is 5.61. The smallest absolute Gasteiger partial charge is 0.413 e. The van der Waals surface area contributed by atoms with Gasteiger partial charge in [-0.2, -0.15) is 0 Å². The highest BCUT2D eigenvalue weighted by Crippen LogP contribution is 2.41. The molecular weight excluding hydrogens is 589 g/mol. The highest BCUT2D eigenvalue weighted by Gasteiger charge is 2.49. The van der Waals surface area contributed by atoms with Crippen LogP contribution in [0.15, 0.2) is 50.5 Å². The first-order chi connectivity index (χ1) is 20.0. The molecule has 0 saturated heterocycles. The quantitative estimate of drug-likeness (QED) is 0.374. The van der Waals surface area contributed by atoms with Crippen molar-refractivity contribution in [3.63, 3.8) is 0 Å². The zero-order chi connectivity index (χ0) is 31.8. The van der Waals surface area contributed by atoms with E-state index >= 15 is 4.39 Å². The summed E-state index contributed by atoms with van der Waals surface area (Å²) in [5, 5.41) is 6.62. The average molecular weight is 623 g/mol. The Morgan fingerprint density at radius 2 is 1.88 bits per heavy atom. The lowest BCUT2D eigenvalue weighted by atomic mass is 9.91. The summed E-state index contributed by atoms with van der Waals surface area (Å²) in [6.07, 6.45) is -0.960. The summed E-state index contributed by atoms with van der Waals surface area (Å²) in [6.45, 7) is 9.23. The molecule has 3 heterocycles. The van der Waals surface area contributed by atoms with Crippen LogP contribution in [0.1, 0.15) is 47.1 Å². The van der Waals surface area contributed by atoms with E-state index in [0.29, 0.717) is 5.56 Å². The maximum atomic E-state index is 15.5. The van der Waals surface area contributed by atoms with Gasteiger partial charge in [0.15, 0.2) is 12.4 Å². The number of hydrogen-bond acceptors (Lipinski definition) is 10. The van der Waals surface area contributed by atoms with Crippen LogP contribution in [0.5, 0.6) is 5.88 Å². The molecule has 0 fully saturated rings. The standard InChI is InChI=1S/C28H33F3N6O5S/c1-26(2,3)41-25(38)35-24-27(4,5)43(39,32-7)15-28(6,36-24)17-10-16(8-9-18(17)29)21-11-19(37-42-21)20-12-34-23(13-33-20)40-14-22(30)31/h8-13,22H,14-15H2,1-7H3,(H,35,36,38)/t28-,43-/m0/s1. The minimum absolute atomic E-state index is 0.0532. The largest absolute Gasteiger partial charge is 0.470 e. The number of benzene rings is 1. The highest BCUT2D eigenvalue weighted by molar-refractivity contribution is 7.95. The van der Waals surface area contributed by atoms with Crippen LogP contribution in [0.3, 0.4) is 0 Å². The lowest BCUT2D eigenvalue weighted by Crippen LogP contribution is -2.57. The van der Waals surface area contributed by atoms with Crippen LogP contribution < -0.4 is 10.1 Å². The summed E-state index contributed by atoms with van der Waals surface area (Å²) < 4.78 is 73.1. The van der Waals surface area contributed by atoms with E-state index in [4.69, 9.17) is 19.0 Å². The van der Waals surface area contributed by atoms with E-state index in [9.17, 15) is 17.8 Å². The van der Waals surface area contributed by atoms with Gasteiger partial charge in [0.05, 0.1) is 27.9 Å². The Hall–Kier alpha value is -4.01. The van der Waals surface area contributed by atoms with Gasteiger partial charge in [-0.1, -0.05) is 5.16 Å². The van der Waals surface area contributed by atoms with Crippen molar-refractivity contribution in [2.75, 3.05) is 19.4 Å². The molecule has 2 atom stereocenters. The number of aromatic nitrogens is 3. The van der Waals surface area contributed by atoms with E-state index in [2.05, 4.69) is 24.8 Å². The Bertz CT molecular complexity index is 1660. The second-order valence-electron chi connectivity index (χ2n) is 11.6. The Morgan fingerprint density at radius 1 is 1.16 bits per heavy atom. The molecule has 1 aliphatic heterocycles. The monoisotopic (exact) mass is 622 g/mol. The van der Waals surface area contributed by atoms with Crippen LogP contribution in [0.25, 0.3) is 22.7 Å². The third-order valence-electron chi connectivity index (χ3n) is 6.71. The van der Waals surface area contributed by atoms with Crippen molar-refractivity contribution < 1.29 is 36.2 Å². The van der Waals surface area contributed by atoms with E-state index in [0.717, 1.165) is 0 Å². The normalized spacial score (nSPS) is 21.7. The van der Waals surface area contributed by atoms with Crippen molar-refractivity contribution >= 4 is 21.7 Å². The topological polar surface area (TPSA) is 141 Å². The van der Waals surface area contributed by atoms with Gasteiger partial charge in [0, 0.05) is 24.2 Å². The zero-order valence-electron chi connectivity index (χ0n) is 24.8. The molecule has 15 heteroatoms. The summed E-state index contributed by atoms with van der Waals surface area (Å²) >= 11 is 0. The lowest BCUT2D eigenvalue weighted by molar-refractivity contribution is 0.0560. The first-order valence-electron chi connectivity index (χ1n) is 13.2. The van der Waals surface area contributed by atoms with Crippen LogP contribution in [0, 0.1) is 5.82 Å². The van der Waals surface area contributed by atoms with Crippen molar-refractivity contribution in [3.05, 3.63) is 48.0 Å². The number of amidine groups is 1. The van der Waals surface area contributed by atoms with E-state index < -0.39 is 50.6 Å². The number of amides is 1. The maximum absolute atomic E-state index is 15.5. The van der Waals surface area contributed by atoms with Gasteiger partial charge in [0.2, 0.25) is 5.88 Å². The summed E-state index contributed by atoms with van der Waals surface area (Å²) in [5.41, 5.74) is -1.10. The fourth-order valence-electron chi connectivity index (χ4n) is 4.43. The van der Waals surface area contributed by atoms with Crippen LogP contribution in [0.4, 0.5) is 18.0 Å². The molecule has 1 N–H and O–H groups in total. The number of carbonyl (C=O) groups is 1. The molecule has 43 heavy (non-hydrogen) atoms. The Balaban J connectivity index is 1.70. The molecule has 3 aromatic rings. The predicted molar refractivity (Wildman–Crippen MR) is 154 cm³/mol. The van der Waals surface area contributed by atoms with Crippen molar-refractivity contribution in [3.8, 4) is 28.6 Å². The third kappa shape index (κ3) is 6.81. The molecule has 1 aliphatic rings. The van der Waals surface area contributed by atoms with Crippen LogP contribution in [-0.4, -0.2) is 67.4 Å². The maximum Gasteiger partial charge on any atom is 0.413 e. The van der Waals surface area contributed by atoms with Crippen LogP contribution in [0.2, 0.25) is 0 Å². The fourth-order valence-corrected chi connectivity index (χ4v) is 6.76. The number of carbonyl (C=O) groups excluding carboxylic acids is 1. The van der Waals surface area contributed by atoms with Gasteiger partial charge in [-0.3, -0.25) is 10.3 Å². The zero-order valence-corrected chi connectivity index (χ0v) is 25.6. The molecule has 1 amide bonds. The van der Waals surface area contributed by atoms with Gasteiger partial charge in [0.1, 0.15) is 38.9 Å². The number of ether oxygens (including phenoxy) is 2. The van der Waals surface area contributed by atoms with Crippen molar-refractivity contribution in [1.82, 2.24) is 20.4 Å². The number of aliphatic imine (C=N–C) groups is 1. The van der Waals surface area contributed by atoms with Gasteiger partial charge >= 0.3 is 6.09 Å². The number of alkyl carbamates (subject to hydrolysis) is 1. The molecular formula is C28H33F3N6O5S. The highest BCUT2D eigenvalue weighted by atomic mass is 32.2. The number of nitrogens with one attached hydrogen (secondary N) is 1. The van der Waals surface area contributed by atoms with Crippen molar-refractivity contribution in [2.24, 2.45) is 9.36 Å². The molecule has 0 aliphatic carbocycles. The third-order valence-corrected chi connectivity index (χ3v) is 10.0. The second kappa shape index (κ2) is 11.6. The van der Waals surface area contributed by atoms with E-state index in [1.807, 2.05) is 0 Å². The first kappa shape index (κ1) is 31.9. The summed E-state index contributed by atoms with van der Waals surface area (Å²) in [5.74, 6) is -0.503. The first-order valence-corrected chi connectivity index (χ1v) is 14.9. The van der Waals surface area contributed by atoms with Crippen molar-refractivity contribution in [1.29, 1.82) is 0 Å². The van der Waals surface area contributed by atoms with E-state index in [1.54, 1.807) is 47.6 Å². The van der Waals surface area contributed by atoms with Crippen LogP contribution >= 0.6 is 0 Å². The van der Waals surface area contributed by atoms with Gasteiger partial charge in [-0.25, -0.2) is 36.5 Å². The number of alkyl halides is 2. The second-order valence-corrected chi connectivity index (χ2v) is 14.5. The number of nitrogens with zero attached hydrogens (tertiary/aromatic N) is 5. The average Bonchev–Trinajstić information content (AvgIpc) is 3.40. The lowest BCUT2D eigenvalue weighted by Gasteiger charge is -2.41. The summed E-state index contributed by atoms with van der Waals surface area (Å²) in [7, 11) is -1.66. The minimum atomic E-state index is -3.08. The molecule has 0 radical (unpaired) electrons. The number of rotatable bonds is 6. The molecule has 1 aromatic carbocycles. The van der Waals surface area contributed by atoms with Gasteiger partial charge in [-0.15, -0.1) is 0 Å². The Kier molecular flexibility index (Phi) is 8.60. The molecule has 2 aromatic heterocycles.